The van der Waals surface area contributed by atoms with Crippen LogP contribution >= 0.6 is 39.9 Å². The van der Waals surface area contributed by atoms with Crippen molar-refractivity contribution in [2.75, 3.05) is 13.1 Å². The molecule has 0 bridgehead atoms. The Morgan fingerprint density at radius 3 is 2.60 bits per heavy atom. The molecule has 0 amide bonds. The number of guanidine groups is 1. The van der Waals surface area contributed by atoms with E-state index in [9.17, 15) is 0 Å². The molecule has 2 aromatic heterocycles. The van der Waals surface area contributed by atoms with Crippen molar-refractivity contribution in [2.45, 2.75) is 46.6 Å². The van der Waals surface area contributed by atoms with E-state index in [2.05, 4.69) is 57.5 Å². The molecule has 2 aromatic rings. The van der Waals surface area contributed by atoms with Gasteiger partial charge >= 0.3 is 0 Å². The molecule has 25 heavy (non-hydrogen) atoms. The molecular weight excluding hydrogens is 499 g/mol. The minimum Gasteiger partial charge on any atom is -0.454 e. The average molecular weight is 525 g/mol. The van der Waals surface area contributed by atoms with Crippen LogP contribution in [0.15, 0.2) is 30.7 Å². The molecule has 6 nitrogen and oxygen atoms in total. The number of hydrogen-bond donors (Lipinski definition) is 2. The van der Waals surface area contributed by atoms with E-state index in [1.807, 2.05) is 12.1 Å². The van der Waals surface area contributed by atoms with Crippen LogP contribution in [0.1, 0.15) is 43.5 Å². The Labute approximate surface area is 174 Å². The van der Waals surface area contributed by atoms with Gasteiger partial charge in [-0.25, -0.2) is 4.99 Å². The molecule has 0 saturated carbocycles. The van der Waals surface area contributed by atoms with Crippen molar-refractivity contribution in [1.82, 2.24) is 15.8 Å². The van der Waals surface area contributed by atoms with Crippen LogP contribution in [0.2, 0.25) is 0 Å². The Kier molecular flexibility index (Phi) is 10.2. The second-order valence-electron chi connectivity index (χ2n) is 5.32. The average Bonchev–Trinajstić information content (AvgIpc) is 3.17. The molecule has 0 aromatic carbocycles. The zero-order valence-electron chi connectivity index (χ0n) is 14.9. The van der Waals surface area contributed by atoms with Crippen LogP contribution in [0.4, 0.5) is 0 Å². The molecule has 2 N–H and O–H groups in total. The van der Waals surface area contributed by atoms with Gasteiger partial charge in [-0.3, -0.25) is 0 Å². The van der Waals surface area contributed by atoms with Crippen molar-refractivity contribution in [3.05, 3.63) is 39.6 Å². The normalized spacial score (nSPS) is 11.3. The van der Waals surface area contributed by atoms with Crippen LogP contribution in [-0.2, 0) is 25.8 Å². The number of rotatable bonds is 8. The molecule has 2 heterocycles. The molecule has 0 atom stereocenters. The molecule has 0 radical (unpaired) electrons. The fourth-order valence-corrected chi connectivity index (χ4v) is 2.75. The summed E-state index contributed by atoms with van der Waals surface area (Å²) in [6.45, 7) is 8.32. The summed E-state index contributed by atoms with van der Waals surface area (Å²) in [5.41, 5.74) is 2.10. The van der Waals surface area contributed by atoms with Crippen LogP contribution in [0, 0.1) is 0 Å². The van der Waals surface area contributed by atoms with E-state index in [4.69, 9.17) is 8.94 Å². The van der Waals surface area contributed by atoms with E-state index < -0.39 is 0 Å². The Morgan fingerprint density at radius 1 is 1.20 bits per heavy atom. The van der Waals surface area contributed by atoms with Gasteiger partial charge in [0.25, 0.3) is 0 Å². The van der Waals surface area contributed by atoms with E-state index in [0.29, 0.717) is 6.54 Å². The van der Waals surface area contributed by atoms with Crippen molar-refractivity contribution >= 4 is 45.9 Å². The third kappa shape index (κ3) is 6.65. The first-order valence-electron chi connectivity index (χ1n) is 8.40. The van der Waals surface area contributed by atoms with Gasteiger partial charge in [0.2, 0.25) is 0 Å². The van der Waals surface area contributed by atoms with Gasteiger partial charge in [0.05, 0.1) is 12.2 Å². The highest BCUT2D eigenvalue weighted by molar-refractivity contribution is 14.0. The predicted octanol–water partition coefficient (Wildman–Crippen LogP) is 4.07. The number of nitrogens with zero attached hydrogens (tertiary/aromatic N) is 2. The minimum absolute atomic E-state index is 0. The number of furan rings is 1. The molecule has 0 aliphatic rings. The third-order valence-electron chi connectivity index (χ3n) is 3.64. The van der Waals surface area contributed by atoms with Crippen LogP contribution in [-0.4, -0.2) is 24.2 Å². The summed E-state index contributed by atoms with van der Waals surface area (Å²) >= 11 is 3.31. The Hall–Kier alpha value is -1.03. The van der Waals surface area contributed by atoms with Gasteiger partial charge < -0.3 is 19.6 Å². The van der Waals surface area contributed by atoms with Gasteiger partial charge in [0, 0.05) is 31.5 Å². The lowest BCUT2D eigenvalue weighted by Crippen LogP contribution is -2.38. The summed E-state index contributed by atoms with van der Waals surface area (Å²) in [5, 5.41) is 10.7. The SMILES string of the molecule is CCNC(=NCc1c(CC)noc1CC)NCCc1ccc(Br)o1.I. The van der Waals surface area contributed by atoms with E-state index in [-0.39, 0.29) is 24.0 Å². The molecule has 0 unspecified atom stereocenters. The van der Waals surface area contributed by atoms with Crippen molar-refractivity contribution in [1.29, 1.82) is 0 Å². The van der Waals surface area contributed by atoms with E-state index in [1.165, 1.54) is 0 Å². The van der Waals surface area contributed by atoms with E-state index >= 15 is 0 Å². The first kappa shape index (κ1) is 22.0. The predicted molar refractivity (Wildman–Crippen MR) is 114 cm³/mol. The van der Waals surface area contributed by atoms with Crippen molar-refractivity contribution in [3.63, 3.8) is 0 Å². The van der Waals surface area contributed by atoms with Gasteiger partial charge in [-0.15, -0.1) is 24.0 Å². The molecule has 140 valence electrons. The van der Waals surface area contributed by atoms with Gasteiger partial charge in [0.15, 0.2) is 10.6 Å². The summed E-state index contributed by atoms with van der Waals surface area (Å²) in [5.74, 6) is 2.64. The van der Waals surface area contributed by atoms with Gasteiger partial charge in [-0.1, -0.05) is 19.0 Å². The van der Waals surface area contributed by atoms with Crippen molar-refractivity contribution in [2.24, 2.45) is 4.99 Å². The van der Waals surface area contributed by atoms with Crippen molar-refractivity contribution < 1.29 is 8.94 Å². The van der Waals surface area contributed by atoms with E-state index in [1.54, 1.807) is 0 Å². The Balaban J connectivity index is 0.00000312. The number of aromatic nitrogens is 1. The molecule has 0 spiro atoms. The fourth-order valence-electron chi connectivity index (χ4n) is 2.41. The van der Waals surface area contributed by atoms with Crippen LogP contribution in [0.3, 0.4) is 0 Å². The van der Waals surface area contributed by atoms with E-state index in [0.717, 1.165) is 65.8 Å². The summed E-state index contributed by atoms with van der Waals surface area (Å²) in [7, 11) is 0. The standard InChI is InChI=1S/C17H25BrN4O2.HI/c1-4-14-13(15(5-2)24-22-14)11-21-17(19-6-3)20-10-9-12-7-8-16(18)23-12;/h7-8H,4-6,9-11H2,1-3H3,(H2,19,20,21);1H. The molecule has 2 rings (SSSR count). The molecule has 8 heteroatoms. The lowest BCUT2D eigenvalue weighted by atomic mass is 10.1. The maximum Gasteiger partial charge on any atom is 0.191 e. The molecule has 0 saturated heterocycles. The van der Waals surface area contributed by atoms with Gasteiger partial charge in [-0.05, 0) is 41.4 Å². The molecule has 0 aliphatic carbocycles. The first-order chi connectivity index (χ1) is 11.7. The summed E-state index contributed by atoms with van der Waals surface area (Å²) < 4.78 is 11.6. The smallest absolute Gasteiger partial charge is 0.191 e. The number of aliphatic imine (C=N–C) groups is 1. The van der Waals surface area contributed by atoms with Crippen LogP contribution < -0.4 is 10.6 Å². The second kappa shape index (κ2) is 11.6. The fraction of sp³-hybridized carbons (Fsp3) is 0.529. The lowest BCUT2D eigenvalue weighted by molar-refractivity contribution is 0.380. The summed E-state index contributed by atoms with van der Waals surface area (Å²) in [4.78, 5) is 4.66. The number of aryl methyl sites for hydroxylation is 2. The highest BCUT2D eigenvalue weighted by Crippen LogP contribution is 2.17. The Bertz CT molecular complexity index is 648. The number of halogens is 2. The van der Waals surface area contributed by atoms with Gasteiger partial charge in [-0.2, -0.15) is 0 Å². The monoisotopic (exact) mass is 524 g/mol. The maximum atomic E-state index is 5.50. The van der Waals surface area contributed by atoms with Gasteiger partial charge in [0.1, 0.15) is 11.5 Å². The first-order valence-corrected chi connectivity index (χ1v) is 9.19. The molecular formula is C17H26BrIN4O2. The lowest BCUT2D eigenvalue weighted by Gasteiger charge is -2.10. The maximum absolute atomic E-state index is 5.50. The molecule has 0 aliphatic heterocycles. The highest BCUT2D eigenvalue weighted by atomic mass is 127. The minimum atomic E-state index is 0. The summed E-state index contributed by atoms with van der Waals surface area (Å²) in [6.07, 6.45) is 2.48. The topological polar surface area (TPSA) is 75.6 Å². The number of nitrogens with one attached hydrogen (secondary N) is 2. The zero-order chi connectivity index (χ0) is 17.4. The van der Waals surface area contributed by atoms with Crippen LogP contribution in [0.25, 0.3) is 0 Å². The second-order valence-corrected chi connectivity index (χ2v) is 6.10. The zero-order valence-corrected chi connectivity index (χ0v) is 18.8. The largest absolute Gasteiger partial charge is 0.454 e. The van der Waals surface area contributed by atoms with Crippen LogP contribution in [0.5, 0.6) is 0 Å². The number of hydrogen-bond acceptors (Lipinski definition) is 4. The van der Waals surface area contributed by atoms with Crippen molar-refractivity contribution in [3.8, 4) is 0 Å². The Morgan fingerprint density at radius 2 is 2.00 bits per heavy atom. The summed E-state index contributed by atoms with van der Waals surface area (Å²) in [6, 6.07) is 3.87. The molecule has 0 fully saturated rings. The quantitative estimate of drug-likeness (QED) is 0.309. The third-order valence-corrected chi connectivity index (χ3v) is 4.07. The highest BCUT2D eigenvalue weighted by Gasteiger charge is 2.13.